The van der Waals surface area contributed by atoms with Crippen molar-refractivity contribution in [1.82, 2.24) is 20.5 Å². The highest BCUT2D eigenvalue weighted by Gasteiger charge is 2.49. The van der Waals surface area contributed by atoms with Crippen LogP contribution >= 0.6 is 0 Å². The lowest BCUT2D eigenvalue weighted by atomic mass is 9.91. The number of rotatable bonds is 14. The van der Waals surface area contributed by atoms with Crippen molar-refractivity contribution >= 4 is 41.6 Å². The zero-order valence-corrected chi connectivity index (χ0v) is 26.8. The third-order valence-corrected chi connectivity index (χ3v) is 6.59. The second-order valence-corrected chi connectivity index (χ2v) is 10.3. The van der Waals surface area contributed by atoms with Crippen LogP contribution in [0.15, 0.2) is 36.4 Å². The van der Waals surface area contributed by atoms with Gasteiger partial charge in [0, 0.05) is 59.1 Å². The molecule has 1 aliphatic heterocycles. The Morgan fingerprint density at radius 1 is 0.978 bits per heavy atom. The topological polar surface area (TPSA) is 206 Å². The molecular weight excluding hydrogens is 608 g/mol. The van der Waals surface area contributed by atoms with Crippen LogP contribution in [0.2, 0.25) is 0 Å². The van der Waals surface area contributed by atoms with Crippen LogP contribution in [0.3, 0.4) is 0 Å². The number of pyridine rings is 1. The SMILES string of the molecule is CCCN(C(C)=O)C(C(=O)N[C@H]1C=C(C(=O)OC)O[C@@H]([C@H](OC(C)=O)[C@@H](COC(C)=O)OC(C)=O)[C@@H]1NC(C)=O)c1cccnc1. The maximum absolute atomic E-state index is 14.1. The molecule has 0 saturated carbocycles. The van der Waals surface area contributed by atoms with Gasteiger partial charge >= 0.3 is 23.9 Å². The average Bonchev–Trinajstić information content (AvgIpc) is 2.98. The van der Waals surface area contributed by atoms with Gasteiger partial charge in [-0.3, -0.25) is 33.8 Å². The molecule has 252 valence electrons. The second-order valence-electron chi connectivity index (χ2n) is 10.3. The van der Waals surface area contributed by atoms with Crippen molar-refractivity contribution in [2.75, 3.05) is 20.3 Å². The molecule has 1 aromatic heterocycles. The van der Waals surface area contributed by atoms with Gasteiger partial charge in [-0.1, -0.05) is 13.0 Å². The van der Waals surface area contributed by atoms with Crippen molar-refractivity contribution in [1.29, 1.82) is 0 Å². The van der Waals surface area contributed by atoms with E-state index in [0.29, 0.717) is 12.0 Å². The third-order valence-electron chi connectivity index (χ3n) is 6.59. The van der Waals surface area contributed by atoms with Gasteiger partial charge in [0.25, 0.3) is 0 Å². The molecule has 1 unspecified atom stereocenters. The minimum Gasteiger partial charge on any atom is -0.477 e. The molecule has 1 aliphatic rings. The summed E-state index contributed by atoms with van der Waals surface area (Å²) in [6, 6.07) is -0.513. The summed E-state index contributed by atoms with van der Waals surface area (Å²) in [5.41, 5.74) is 0.384. The Bertz CT molecular complexity index is 1320. The summed E-state index contributed by atoms with van der Waals surface area (Å²) in [5, 5.41) is 5.41. The van der Waals surface area contributed by atoms with Gasteiger partial charge in [-0.25, -0.2) is 4.79 Å². The molecule has 0 saturated heterocycles. The molecular formula is C30H40N4O12. The highest BCUT2D eigenvalue weighted by molar-refractivity contribution is 5.90. The van der Waals surface area contributed by atoms with Crippen LogP contribution in [0.1, 0.15) is 59.6 Å². The summed E-state index contributed by atoms with van der Waals surface area (Å²) >= 11 is 0. The van der Waals surface area contributed by atoms with Crippen molar-refractivity contribution in [2.45, 2.75) is 84.4 Å². The highest BCUT2D eigenvalue weighted by Crippen LogP contribution is 2.28. The molecule has 0 aromatic carbocycles. The van der Waals surface area contributed by atoms with E-state index in [1.165, 1.54) is 37.2 Å². The Morgan fingerprint density at radius 3 is 2.15 bits per heavy atom. The van der Waals surface area contributed by atoms with Crippen molar-refractivity contribution in [2.24, 2.45) is 0 Å². The predicted molar refractivity (Wildman–Crippen MR) is 157 cm³/mol. The van der Waals surface area contributed by atoms with E-state index >= 15 is 0 Å². The summed E-state index contributed by atoms with van der Waals surface area (Å²) in [6.07, 6.45) is 0.0221. The number of hydrogen-bond donors (Lipinski definition) is 2. The molecule has 0 spiro atoms. The molecule has 16 nitrogen and oxygen atoms in total. The summed E-state index contributed by atoms with van der Waals surface area (Å²) < 4.78 is 26.6. The number of nitrogens with zero attached hydrogens (tertiary/aromatic N) is 2. The summed E-state index contributed by atoms with van der Waals surface area (Å²) in [7, 11) is 1.08. The lowest BCUT2D eigenvalue weighted by Gasteiger charge is -2.42. The summed E-state index contributed by atoms with van der Waals surface area (Å²) in [4.78, 5) is 93.5. The second kappa shape index (κ2) is 17.5. The summed E-state index contributed by atoms with van der Waals surface area (Å²) in [6.45, 7) is 7.17. The Balaban J connectivity index is 2.72. The first-order chi connectivity index (χ1) is 21.7. The zero-order chi connectivity index (χ0) is 34.6. The van der Waals surface area contributed by atoms with Crippen LogP contribution in [0, 0.1) is 0 Å². The number of amides is 3. The molecule has 2 rings (SSSR count). The van der Waals surface area contributed by atoms with E-state index in [2.05, 4.69) is 15.6 Å². The molecule has 16 heteroatoms. The first kappa shape index (κ1) is 37.2. The van der Waals surface area contributed by atoms with Gasteiger partial charge in [-0.15, -0.1) is 0 Å². The van der Waals surface area contributed by atoms with Crippen LogP contribution in [-0.4, -0.2) is 102 Å². The first-order valence-electron chi connectivity index (χ1n) is 14.4. The molecule has 3 amide bonds. The quantitative estimate of drug-likeness (QED) is 0.205. The third kappa shape index (κ3) is 10.6. The van der Waals surface area contributed by atoms with Gasteiger partial charge in [0.2, 0.25) is 23.5 Å². The van der Waals surface area contributed by atoms with Crippen molar-refractivity contribution in [3.05, 3.63) is 41.9 Å². The van der Waals surface area contributed by atoms with E-state index in [9.17, 15) is 33.6 Å². The van der Waals surface area contributed by atoms with Crippen LogP contribution in [0.5, 0.6) is 0 Å². The molecule has 2 heterocycles. The van der Waals surface area contributed by atoms with Crippen molar-refractivity contribution in [3.8, 4) is 0 Å². The number of ether oxygens (including phenoxy) is 5. The monoisotopic (exact) mass is 648 g/mol. The number of methoxy groups -OCH3 is 1. The Kier molecular flexibility index (Phi) is 14.1. The highest BCUT2D eigenvalue weighted by atomic mass is 16.6. The molecule has 0 aliphatic carbocycles. The van der Waals surface area contributed by atoms with Crippen LogP contribution in [0.25, 0.3) is 0 Å². The number of aromatic nitrogens is 1. The minimum atomic E-state index is -1.60. The average molecular weight is 649 g/mol. The van der Waals surface area contributed by atoms with E-state index in [1.54, 1.807) is 12.1 Å². The van der Waals surface area contributed by atoms with E-state index in [-0.39, 0.29) is 6.54 Å². The fourth-order valence-electron chi connectivity index (χ4n) is 4.87. The summed E-state index contributed by atoms with van der Waals surface area (Å²) in [5.74, 6) is -5.61. The van der Waals surface area contributed by atoms with Crippen LogP contribution < -0.4 is 10.6 Å². The maximum atomic E-state index is 14.1. The van der Waals surface area contributed by atoms with Gasteiger partial charge in [0.15, 0.2) is 18.3 Å². The molecule has 1 aromatic rings. The fraction of sp³-hybridized carbons (Fsp3) is 0.533. The van der Waals surface area contributed by atoms with Gasteiger partial charge in [0.1, 0.15) is 12.6 Å². The van der Waals surface area contributed by atoms with Crippen LogP contribution in [-0.2, 0) is 57.2 Å². The lowest BCUT2D eigenvalue weighted by molar-refractivity contribution is -0.188. The Hall–Kier alpha value is -5.02. The molecule has 0 bridgehead atoms. The van der Waals surface area contributed by atoms with Gasteiger partial charge in [0.05, 0.1) is 19.2 Å². The number of nitrogens with one attached hydrogen (secondary N) is 2. The maximum Gasteiger partial charge on any atom is 0.373 e. The van der Waals surface area contributed by atoms with Crippen molar-refractivity contribution in [3.63, 3.8) is 0 Å². The number of carbonyl (C=O) groups is 7. The lowest BCUT2D eigenvalue weighted by Crippen LogP contribution is -2.65. The largest absolute Gasteiger partial charge is 0.477 e. The predicted octanol–water partition coefficient (Wildman–Crippen LogP) is 0.253. The van der Waals surface area contributed by atoms with E-state index in [4.69, 9.17) is 23.7 Å². The van der Waals surface area contributed by atoms with Gasteiger partial charge < -0.3 is 39.2 Å². The van der Waals surface area contributed by atoms with E-state index < -0.39 is 90.4 Å². The van der Waals surface area contributed by atoms with E-state index in [1.807, 2.05) is 6.92 Å². The van der Waals surface area contributed by atoms with Crippen LogP contribution in [0.4, 0.5) is 0 Å². The van der Waals surface area contributed by atoms with Gasteiger partial charge in [-0.05, 0) is 18.6 Å². The Labute approximate surface area is 266 Å². The fourth-order valence-corrected chi connectivity index (χ4v) is 4.87. The molecule has 6 atom stereocenters. The standard InChI is InChI=1S/C30H40N4O12/c1-8-12-34(17(3)36)26(21-10-9-11-31-14-21)29(40)33-22-13-23(30(41)42-7)46-28(25(22)32-16(2)35)27(45-20(6)39)24(44-19(5)38)15-43-18(4)37/h9-11,13-14,22,24-28H,8,12,15H2,1-7H3,(H,32,35)(H,33,40)/t22-,24+,25+,26?,27+,28+/m0/s1. The van der Waals surface area contributed by atoms with Crippen molar-refractivity contribution < 1.29 is 57.2 Å². The number of carbonyl (C=O) groups excluding carboxylic acids is 7. The first-order valence-corrected chi connectivity index (χ1v) is 14.4. The molecule has 46 heavy (non-hydrogen) atoms. The minimum absolute atomic E-state index is 0.214. The Morgan fingerprint density at radius 2 is 1.65 bits per heavy atom. The number of esters is 4. The normalized spacial score (nSPS) is 19.0. The zero-order valence-electron chi connectivity index (χ0n) is 26.8. The number of hydrogen-bond acceptors (Lipinski definition) is 13. The smallest absolute Gasteiger partial charge is 0.373 e. The molecule has 0 fully saturated rings. The van der Waals surface area contributed by atoms with E-state index in [0.717, 1.165) is 27.9 Å². The molecule has 2 N–H and O–H groups in total. The van der Waals surface area contributed by atoms with Gasteiger partial charge in [-0.2, -0.15) is 0 Å². The molecule has 0 radical (unpaired) electrons.